The lowest BCUT2D eigenvalue weighted by Crippen LogP contribution is -2.19. The molecule has 1 aliphatic rings. The zero-order chi connectivity index (χ0) is 14.5. The number of anilines is 1. The highest BCUT2D eigenvalue weighted by molar-refractivity contribution is 5.78. The molecule has 0 saturated carbocycles. The third kappa shape index (κ3) is 3.59. The van der Waals surface area contributed by atoms with Gasteiger partial charge in [-0.25, -0.2) is 4.98 Å². The highest BCUT2D eigenvalue weighted by atomic mass is 16.5. The van der Waals surface area contributed by atoms with Crippen molar-refractivity contribution in [3.8, 4) is 0 Å². The van der Waals surface area contributed by atoms with E-state index < -0.39 is 0 Å². The number of nitrogens with zero attached hydrogens (tertiary/aromatic N) is 1. The van der Waals surface area contributed by atoms with Gasteiger partial charge in [-0.15, -0.1) is 0 Å². The summed E-state index contributed by atoms with van der Waals surface area (Å²) in [5.74, 6) is 0.472. The Bertz CT molecular complexity index is 650. The monoisotopic (exact) mass is 289 g/mol. The number of rotatable bonds is 6. The maximum atomic E-state index is 11.9. The number of nitrogens with one attached hydrogen (secondary N) is 2. The standard InChI is InChI=1S/C15H19N3O3/c19-14-12-5-1-2-6-13(12)17-15(18-14)16-7-9-20-10-11-4-3-8-21-11/h1-2,5-6,11H,3-4,7-10H2,(H2,16,17,18,19)/t11-/m0/s1. The summed E-state index contributed by atoms with van der Waals surface area (Å²) in [4.78, 5) is 19.0. The molecule has 3 rings (SSSR count). The lowest BCUT2D eigenvalue weighted by atomic mass is 10.2. The number of hydrogen-bond acceptors (Lipinski definition) is 5. The van der Waals surface area contributed by atoms with E-state index in [2.05, 4.69) is 15.3 Å². The second kappa shape index (κ2) is 6.69. The molecule has 112 valence electrons. The van der Waals surface area contributed by atoms with E-state index in [1.165, 1.54) is 0 Å². The van der Waals surface area contributed by atoms with Gasteiger partial charge in [-0.3, -0.25) is 9.78 Å². The molecule has 0 radical (unpaired) electrons. The van der Waals surface area contributed by atoms with Gasteiger partial charge in [0.2, 0.25) is 5.95 Å². The van der Waals surface area contributed by atoms with Gasteiger partial charge in [0, 0.05) is 13.2 Å². The average Bonchev–Trinajstić information content (AvgIpc) is 3.00. The van der Waals surface area contributed by atoms with Gasteiger partial charge in [-0.05, 0) is 25.0 Å². The van der Waals surface area contributed by atoms with Gasteiger partial charge in [0.25, 0.3) is 5.56 Å². The van der Waals surface area contributed by atoms with E-state index in [-0.39, 0.29) is 11.7 Å². The van der Waals surface area contributed by atoms with Crippen LogP contribution in [-0.4, -0.2) is 42.4 Å². The number of benzene rings is 1. The molecule has 0 spiro atoms. The molecule has 0 amide bonds. The normalized spacial score (nSPS) is 18.2. The minimum absolute atomic E-state index is 0.136. The zero-order valence-corrected chi connectivity index (χ0v) is 11.8. The summed E-state index contributed by atoms with van der Waals surface area (Å²) >= 11 is 0. The molecule has 0 bridgehead atoms. The van der Waals surface area contributed by atoms with Crippen LogP contribution < -0.4 is 10.9 Å². The summed E-state index contributed by atoms with van der Waals surface area (Å²) in [7, 11) is 0. The van der Waals surface area contributed by atoms with E-state index in [0.29, 0.717) is 36.6 Å². The average molecular weight is 289 g/mol. The van der Waals surface area contributed by atoms with Gasteiger partial charge in [0.1, 0.15) is 0 Å². The Kier molecular flexibility index (Phi) is 4.47. The first-order valence-electron chi connectivity index (χ1n) is 7.25. The van der Waals surface area contributed by atoms with Crippen LogP contribution in [-0.2, 0) is 9.47 Å². The molecule has 2 N–H and O–H groups in total. The molecule has 2 aromatic rings. The quantitative estimate of drug-likeness (QED) is 0.789. The fraction of sp³-hybridized carbons (Fsp3) is 0.467. The predicted octanol–water partition coefficient (Wildman–Crippen LogP) is 1.53. The van der Waals surface area contributed by atoms with E-state index in [4.69, 9.17) is 9.47 Å². The molecule has 6 heteroatoms. The van der Waals surface area contributed by atoms with Crippen molar-refractivity contribution in [2.45, 2.75) is 18.9 Å². The molecule has 0 unspecified atom stereocenters. The summed E-state index contributed by atoms with van der Waals surface area (Å²) in [6, 6.07) is 7.27. The maximum absolute atomic E-state index is 11.9. The Morgan fingerprint density at radius 1 is 1.43 bits per heavy atom. The summed E-state index contributed by atoms with van der Waals surface area (Å²) in [5.41, 5.74) is 0.549. The number of aromatic amines is 1. The van der Waals surface area contributed by atoms with Crippen LogP contribution >= 0.6 is 0 Å². The number of H-pyrrole nitrogens is 1. The van der Waals surface area contributed by atoms with Crippen molar-refractivity contribution in [3.05, 3.63) is 34.6 Å². The molecule has 0 aliphatic carbocycles. The van der Waals surface area contributed by atoms with E-state index in [1.54, 1.807) is 6.07 Å². The molecule has 1 fully saturated rings. The van der Waals surface area contributed by atoms with Crippen LogP contribution in [0.2, 0.25) is 0 Å². The smallest absolute Gasteiger partial charge is 0.260 e. The van der Waals surface area contributed by atoms with Crippen molar-refractivity contribution in [1.82, 2.24) is 9.97 Å². The number of para-hydroxylation sites is 1. The third-order valence-electron chi connectivity index (χ3n) is 3.48. The molecule has 1 saturated heterocycles. The topological polar surface area (TPSA) is 76.2 Å². The highest BCUT2D eigenvalue weighted by Crippen LogP contribution is 2.11. The summed E-state index contributed by atoms with van der Waals surface area (Å²) in [5, 5.41) is 3.67. The SMILES string of the molecule is O=c1[nH]c(NCCOC[C@@H]2CCCO2)nc2ccccc12. The Labute approximate surface area is 122 Å². The van der Waals surface area contributed by atoms with Crippen LogP contribution in [0.4, 0.5) is 5.95 Å². The molecule has 1 aromatic carbocycles. The number of aromatic nitrogens is 2. The molecule has 1 atom stereocenters. The summed E-state index contributed by atoms with van der Waals surface area (Å²) in [6.07, 6.45) is 2.44. The largest absolute Gasteiger partial charge is 0.377 e. The minimum atomic E-state index is -0.136. The van der Waals surface area contributed by atoms with Crippen LogP contribution in [0, 0.1) is 0 Å². The first kappa shape index (κ1) is 14.0. The van der Waals surface area contributed by atoms with Crippen LogP contribution in [0.5, 0.6) is 0 Å². The van der Waals surface area contributed by atoms with E-state index in [9.17, 15) is 4.79 Å². The lowest BCUT2D eigenvalue weighted by molar-refractivity contribution is 0.0206. The Balaban J connectivity index is 1.50. The zero-order valence-electron chi connectivity index (χ0n) is 11.8. The minimum Gasteiger partial charge on any atom is -0.377 e. The van der Waals surface area contributed by atoms with Crippen LogP contribution in [0.15, 0.2) is 29.1 Å². The molecular formula is C15H19N3O3. The van der Waals surface area contributed by atoms with Gasteiger partial charge in [-0.2, -0.15) is 0 Å². The van der Waals surface area contributed by atoms with Crippen molar-refractivity contribution in [2.24, 2.45) is 0 Å². The van der Waals surface area contributed by atoms with Crippen LogP contribution in [0.25, 0.3) is 10.9 Å². The van der Waals surface area contributed by atoms with Gasteiger partial charge in [-0.1, -0.05) is 12.1 Å². The van der Waals surface area contributed by atoms with Gasteiger partial charge < -0.3 is 14.8 Å². The van der Waals surface area contributed by atoms with Crippen LogP contribution in [0.3, 0.4) is 0 Å². The molecule has 1 aromatic heterocycles. The lowest BCUT2D eigenvalue weighted by Gasteiger charge is -2.10. The first-order valence-corrected chi connectivity index (χ1v) is 7.25. The molecule has 21 heavy (non-hydrogen) atoms. The molecule has 2 heterocycles. The molecule has 6 nitrogen and oxygen atoms in total. The van der Waals surface area contributed by atoms with Crippen molar-refractivity contribution >= 4 is 16.9 Å². The first-order chi connectivity index (χ1) is 10.3. The van der Waals surface area contributed by atoms with Gasteiger partial charge in [0.15, 0.2) is 0 Å². The van der Waals surface area contributed by atoms with Crippen molar-refractivity contribution < 1.29 is 9.47 Å². The van der Waals surface area contributed by atoms with Crippen molar-refractivity contribution in [2.75, 3.05) is 31.7 Å². The van der Waals surface area contributed by atoms with Crippen LogP contribution in [0.1, 0.15) is 12.8 Å². The summed E-state index contributed by atoms with van der Waals surface area (Å²) < 4.78 is 11.0. The van der Waals surface area contributed by atoms with E-state index in [0.717, 1.165) is 19.4 Å². The van der Waals surface area contributed by atoms with Crippen molar-refractivity contribution in [1.29, 1.82) is 0 Å². The van der Waals surface area contributed by atoms with Gasteiger partial charge in [0.05, 0.1) is 30.2 Å². The predicted molar refractivity (Wildman–Crippen MR) is 80.6 cm³/mol. The second-order valence-electron chi connectivity index (χ2n) is 5.07. The Morgan fingerprint density at radius 3 is 3.19 bits per heavy atom. The fourth-order valence-electron chi connectivity index (χ4n) is 2.40. The Morgan fingerprint density at radius 2 is 2.33 bits per heavy atom. The van der Waals surface area contributed by atoms with E-state index >= 15 is 0 Å². The number of ether oxygens (including phenoxy) is 2. The Hall–Kier alpha value is -1.92. The number of fused-ring (bicyclic) bond motifs is 1. The molecule has 1 aliphatic heterocycles. The maximum Gasteiger partial charge on any atom is 0.260 e. The second-order valence-corrected chi connectivity index (χ2v) is 5.07. The highest BCUT2D eigenvalue weighted by Gasteiger charge is 2.14. The summed E-state index contributed by atoms with van der Waals surface area (Å²) in [6.45, 7) is 2.61. The van der Waals surface area contributed by atoms with E-state index in [1.807, 2.05) is 18.2 Å². The molecular weight excluding hydrogens is 270 g/mol. The van der Waals surface area contributed by atoms with Gasteiger partial charge >= 0.3 is 0 Å². The third-order valence-corrected chi connectivity index (χ3v) is 3.48. The van der Waals surface area contributed by atoms with Crippen molar-refractivity contribution in [3.63, 3.8) is 0 Å². The number of hydrogen-bond donors (Lipinski definition) is 2. The fourth-order valence-corrected chi connectivity index (χ4v) is 2.40.